The molecule has 0 N–H and O–H groups in total. The number of rotatable bonds is 14. The topological polar surface area (TPSA) is 0 Å². The lowest BCUT2D eigenvalue weighted by Crippen LogP contribution is -1.96. The second-order valence-corrected chi connectivity index (χ2v) is 5.76. The van der Waals surface area contributed by atoms with E-state index in [4.69, 9.17) is 0 Å². The molecule has 0 aromatic carbocycles. The zero-order valence-corrected chi connectivity index (χ0v) is 13.1. The first-order valence-electron chi connectivity index (χ1n) is 8.47. The van der Waals surface area contributed by atoms with Gasteiger partial charge in [0.15, 0.2) is 0 Å². The van der Waals surface area contributed by atoms with E-state index < -0.39 is 0 Å². The number of hydrogen-bond acceptors (Lipinski definition) is 0. The molecule has 0 aliphatic rings. The largest absolute Gasteiger partial charge is 0.103 e. The molecular formula is C18H36. The molecule has 0 rings (SSSR count). The summed E-state index contributed by atoms with van der Waals surface area (Å²) in [5, 5.41) is 0. The molecule has 0 fully saturated rings. The van der Waals surface area contributed by atoms with Crippen LogP contribution in [0.5, 0.6) is 0 Å². The van der Waals surface area contributed by atoms with Crippen LogP contribution in [0.15, 0.2) is 12.7 Å². The zero-order chi connectivity index (χ0) is 13.5. The Balaban J connectivity index is 3.30. The Hall–Kier alpha value is -0.260. The van der Waals surface area contributed by atoms with Gasteiger partial charge in [-0.25, -0.2) is 0 Å². The van der Waals surface area contributed by atoms with Crippen molar-refractivity contribution >= 4 is 0 Å². The molecule has 0 radical (unpaired) electrons. The van der Waals surface area contributed by atoms with E-state index in [0.717, 1.165) is 5.92 Å². The lowest BCUT2D eigenvalue weighted by molar-refractivity contribution is 0.468. The van der Waals surface area contributed by atoms with Crippen molar-refractivity contribution in [3.8, 4) is 0 Å². The first-order valence-corrected chi connectivity index (χ1v) is 8.47. The second-order valence-electron chi connectivity index (χ2n) is 5.76. The van der Waals surface area contributed by atoms with E-state index in [-0.39, 0.29) is 0 Å². The van der Waals surface area contributed by atoms with E-state index in [0.29, 0.717) is 0 Å². The summed E-state index contributed by atoms with van der Waals surface area (Å²) in [7, 11) is 0. The van der Waals surface area contributed by atoms with Gasteiger partial charge < -0.3 is 0 Å². The molecule has 108 valence electrons. The van der Waals surface area contributed by atoms with E-state index in [2.05, 4.69) is 26.5 Å². The maximum Gasteiger partial charge on any atom is -0.0236 e. The van der Waals surface area contributed by atoms with Crippen molar-refractivity contribution in [2.24, 2.45) is 5.92 Å². The lowest BCUT2D eigenvalue weighted by atomic mass is 9.94. The van der Waals surface area contributed by atoms with Crippen LogP contribution in [-0.4, -0.2) is 0 Å². The summed E-state index contributed by atoms with van der Waals surface area (Å²) in [5.74, 6) is 0.789. The molecule has 0 heteroatoms. The van der Waals surface area contributed by atoms with Crippen LogP contribution in [0.2, 0.25) is 0 Å². The first-order chi connectivity index (χ1) is 8.85. The summed E-state index contributed by atoms with van der Waals surface area (Å²) in [6, 6.07) is 0. The fourth-order valence-electron chi connectivity index (χ4n) is 2.58. The Kier molecular flexibility index (Phi) is 14.6. The molecule has 1 atom stereocenters. The van der Waals surface area contributed by atoms with Crippen molar-refractivity contribution in [1.29, 1.82) is 0 Å². The van der Waals surface area contributed by atoms with Gasteiger partial charge in [-0.3, -0.25) is 0 Å². The van der Waals surface area contributed by atoms with E-state index in [1.54, 1.807) is 0 Å². The summed E-state index contributed by atoms with van der Waals surface area (Å²) in [6.07, 6.45) is 20.5. The predicted molar refractivity (Wildman–Crippen MR) is 85.1 cm³/mol. The molecule has 0 bridgehead atoms. The third-order valence-electron chi connectivity index (χ3n) is 3.94. The molecule has 1 unspecified atom stereocenters. The molecule has 18 heavy (non-hydrogen) atoms. The summed E-state index contributed by atoms with van der Waals surface area (Å²) in [4.78, 5) is 0. The number of allylic oxidation sites excluding steroid dienone is 1. The van der Waals surface area contributed by atoms with Gasteiger partial charge in [-0.05, 0) is 18.8 Å². The van der Waals surface area contributed by atoms with Gasteiger partial charge in [0.2, 0.25) is 0 Å². The van der Waals surface area contributed by atoms with Gasteiger partial charge in [-0.15, -0.1) is 6.58 Å². The summed E-state index contributed by atoms with van der Waals surface area (Å²) in [6.45, 7) is 8.57. The Morgan fingerprint density at radius 1 is 0.667 bits per heavy atom. The molecule has 0 aliphatic carbocycles. The zero-order valence-electron chi connectivity index (χ0n) is 13.1. The molecule has 0 aliphatic heterocycles. The summed E-state index contributed by atoms with van der Waals surface area (Å²) < 4.78 is 0. The maximum atomic E-state index is 4.00. The normalized spacial score (nSPS) is 12.6. The van der Waals surface area contributed by atoms with E-state index in [1.807, 2.05) is 0 Å². The molecule has 0 nitrogen and oxygen atoms in total. The van der Waals surface area contributed by atoms with Crippen LogP contribution in [0.25, 0.3) is 0 Å². The minimum absolute atomic E-state index is 0.789. The van der Waals surface area contributed by atoms with Crippen LogP contribution in [0.1, 0.15) is 97.3 Å². The van der Waals surface area contributed by atoms with Gasteiger partial charge in [-0.2, -0.15) is 0 Å². The van der Waals surface area contributed by atoms with Crippen molar-refractivity contribution in [2.75, 3.05) is 0 Å². The third kappa shape index (κ3) is 12.2. The van der Waals surface area contributed by atoms with Crippen LogP contribution < -0.4 is 0 Å². The Morgan fingerprint density at radius 2 is 1.06 bits per heavy atom. The minimum atomic E-state index is 0.789. The van der Waals surface area contributed by atoms with Crippen LogP contribution >= 0.6 is 0 Å². The highest BCUT2D eigenvalue weighted by Crippen LogP contribution is 2.19. The minimum Gasteiger partial charge on any atom is -0.103 e. The highest BCUT2D eigenvalue weighted by atomic mass is 14.1. The van der Waals surface area contributed by atoms with Crippen LogP contribution in [0.3, 0.4) is 0 Å². The van der Waals surface area contributed by atoms with Crippen molar-refractivity contribution in [3.63, 3.8) is 0 Å². The third-order valence-corrected chi connectivity index (χ3v) is 3.94. The van der Waals surface area contributed by atoms with Crippen molar-refractivity contribution < 1.29 is 0 Å². The average Bonchev–Trinajstić information content (AvgIpc) is 2.40. The molecule has 0 amide bonds. The first kappa shape index (κ1) is 17.7. The maximum absolute atomic E-state index is 4.00. The molecule has 0 spiro atoms. The Morgan fingerprint density at radius 3 is 1.50 bits per heavy atom. The van der Waals surface area contributed by atoms with Crippen LogP contribution in [0, 0.1) is 5.92 Å². The van der Waals surface area contributed by atoms with E-state index >= 15 is 0 Å². The summed E-state index contributed by atoms with van der Waals surface area (Å²) >= 11 is 0. The van der Waals surface area contributed by atoms with Gasteiger partial charge >= 0.3 is 0 Å². The molecule has 0 aromatic rings. The molecule has 0 aromatic heterocycles. The summed E-state index contributed by atoms with van der Waals surface area (Å²) in [5.41, 5.74) is 0. The standard InChI is InChI=1S/C18H36/c1-4-7-9-11-12-13-15-17-18(6-3)16-14-10-8-5-2/h6,18H,3-5,7-17H2,1-2H3. The molecule has 0 saturated carbocycles. The highest BCUT2D eigenvalue weighted by Gasteiger charge is 2.03. The fraction of sp³-hybridized carbons (Fsp3) is 0.889. The van der Waals surface area contributed by atoms with Gasteiger partial charge in [0, 0.05) is 0 Å². The van der Waals surface area contributed by atoms with E-state index in [1.165, 1.54) is 83.5 Å². The van der Waals surface area contributed by atoms with Gasteiger partial charge in [0.1, 0.15) is 0 Å². The quantitative estimate of drug-likeness (QED) is 0.233. The van der Waals surface area contributed by atoms with Gasteiger partial charge in [0.05, 0.1) is 0 Å². The predicted octanol–water partition coefficient (Wildman–Crippen LogP) is 6.90. The average molecular weight is 252 g/mol. The lowest BCUT2D eigenvalue weighted by Gasteiger charge is -2.12. The second kappa shape index (κ2) is 14.8. The number of unbranched alkanes of at least 4 members (excludes halogenated alkanes) is 9. The van der Waals surface area contributed by atoms with Crippen molar-refractivity contribution in [3.05, 3.63) is 12.7 Å². The SMILES string of the molecule is C=CC(CCCCCC)CCCCCCCCC. The molecule has 0 saturated heterocycles. The van der Waals surface area contributed by atoms with Crippen LogP contribution in [0.4, 0.5) is 0 Å². The highest BCUT2D eigenvalue weighted by molar-refractivity contribution is 4.78. The fourth-order valence-corrected chi connectivity index (χ4v) is 2.58. The van der Waals surface area contributed by atoms with Crippen LogP contribution in [-0.2, 0) is 0 Å². The smallest absolute Gasteiger partial charge is 0.0236 e. The monoisotopic (exact) mass is 252 g/mol. The Bertz CT molecular complexity index is 159. The molecular weight excluding hydrogens is 216 g/mol. The van der Waals surface area contributed by atoms with E-state index in [9.17, 15) is 0 Å². The van der Waals surface area contributed by atoms with Crippen molar-refractivity contribution in [1.82, 2.24) is 0 Å². The molecule has 0 heterocycles. The van der Waals surface area contributed by atoms with Gasteiger partial charge in [-0.1, -0.05) is 90.6 Å². The van der Waals surface area contributed by atoms with Crippen molar-refractivity contribution in [2.45, 2.75) is 97.3 Å². The Labute approximate surface area is 116 Å². The number of hydrogen-bond donors (Lipinski definition) is 0. The van der Waals surface area contributed by atoms with Gasteiger partial charge in [0.25, 0.3) is 0 Å².